The lowest BCUT2D eigenvalue weighted by Gasteiger charge is -2.20. The lowest BCUT2D eigenvalue weighted by molar-refractivity contribution is 0.290. The van der Waals surface area contributed by atoms with E-state index < -0.39 is 0 Å². The molecular weight excluding hydrogens is 332 g/mol. The van der Waals surface area contributed by atoms with Gasteiger partial charge in [-0.1, -0.05) is 6.07 Å². The molecule has 0 saturated carbocycles. The number of ether oxygens (including phenoxy) is 1. The molecule has 1 aromatic heterocycles. The molecule has 6 heteroatoms. The second kappa shape index (κ2) is 6.13. The minimum atomic E-state index is 0.688. The van der Waals surface area contributed by atoms with Gasteiger partial charge in [0.25, 0.3) is 0 Å². The fourth-order valence-electron chi connectivity index (χ4n) is 2.20. The van der Waals surface area contributed by atoms with Crippen LogP contribution in [0.3, 0.4) is 0 Å². The molecule has 0 radical (unpaired) electrons. The molecule has 2 aromatic rings. The van der Waals surface area contributed by atoms with Crippen LogP contribution < -0.4 is 10.6 Å². The van der Waals surface area contributed by atoms with E-state index in [9.17, 15) is 0 Å². The normalized spacial score (nSPS) is 14.7. The van der Waals surface area contributed by atoms with Crippen molar-refractivity contribution in [3.05, 3.63) is 58.3 Å². The SMILES string of the molecule is COC1=C(Br)CNC=C1NCc1ccc2nccnc2c1. The van der Waals surface area contributed by atoms with E-state index in [4.69, 9.17) is 4.74 Å². The summed E-state index contributed by atoms with van der Waals surface area (Å²) in [5.74, 6) is 0.828. The predicted octanol–water partition coefficient (Wildman–Crippen LogP) is 2.42. The zero-order valence-corrected chi connectivity index (χ0v) is 13.1. The summed E-state index contributed by atoms with van der Waals surface area (Å²) in [7, 11) is 1.67. The summed E-state index contributed by atoms with van der Waals surface area (Å²) in [5.41, 5.74) is 3.87. The topological polar surface area (TPSA) is 59.1 Å². The number of benzene rings is 1. The minimum Gasteiger partial charge on any atom is -0.494 e. The van der Waals surface area contributed by atoms with Crippen LogP contribution in [-0.2, 0) is 11.3 Å². The zero-order valence-electron chi connectivity index (χ0n) is 11.6. The monoisotopic (exact) mass is 346 g/mol. The quantitative estimate of drug-likeness (QED) is 0.890. The third kappa shape index (κ3) is 3.00. The molecule has 108 valence electrons. The lowest BCUT2D eigenvalue weighted by atomic mass is 10.2. The Kier molecular flexibility index (Phi) is 4.06. The number of halogens is 1. The highest BCUT2D eigenvalue weighted by Gasteiger charge is 2.14. The molecule has 2 heterocycles. The average Bonchev–Trinajstić information content (AvgIpc) is 2.52. The minimum absolute atomic E-state index is 0.688. The van der Waals surface area contributed by atoms with Gasteiger partial charge in [0.2, 0.25) is 0 Å². The summed E-state index contributed by atoms with van der Waals surface area (Å²) < 4.78 is 6.41. The standard InChI is InChI=1S/C15H15BrN4O/c1-21-15-11(16)8-17-9-14(15)20-7-10-2-3-12-13(6-10)19-5-4-18-12/h2-6,9,17,20H,7-8H2,1H3. The van der Waals surface area contributed by atoms with Crippen molar-refractivity contribution in [2.45, 2.75) is 6.54 Å². The van der Waals surface area contributed by atoms with Crippen molar-refractivity contribution < 1.29 is 4.74 Å². The van der Waals surface area contributed by atoms with Gasteiger partial charge in [-0.3, -0.25) is 9.97 Å². The van der Waals surface area contributed by atoms with E-state index in [1.54, 1.807) is 19.5 Å². The molecule has 1 aliphatic heterocycles. The summed E-state index contributed by atoms with van der Waals surface area (Å²) in [6.07, 6.45) is 5.33. The average molecular weight is 347 g/mol. The van der Waals surface area contributed by atoms with Crippen LogP contribution in [0, 0.1) is 0 Å². The van der Waals surface area contributed by atoms with Gasteiger partial charge in [-0.15, -0.1) is 0 Å². The largest absolute Gasteiger partial charge is 0.494 e. The Hall–Kier alpha value is -2.08. The molecule has 0 unspecified atom stereocenters. The molecule has 0 saturated heterocycles. The molecular formula is C15H15BrN4O. The smallest absolute Gasteiger partial charge is 0.155 e. The first-order valence-electron chi connectivity index (χ1n) is 6.58. The molecule has 0 spiro atoms. The highest BCUT2D eigenvalue weighted by atomic mass is 79.9. The van der Waals surface area contributed by atoms with Crippen LogP contribution in [0.25, 0.3) is 11.0 Å². The molecule has 0 amide bonds. The number of hydrogen-bond acceptors (Lipinski definition) is 5. The molecule has 21 heavy (non-hydrogen) atoms. The van der Waals surface area contributed by atoms with Crippen LogP contribution >= 0.6 is 15.9 Å². The van der Waals surface area contributed by atoms with Gasteiger partial charge < -0.3 is 15.4 Å². The summed E-state index contributed by atoms with van der Waals surface area (Å²) in [6, 6.07) is 6.07. The number of methoxy groups -OCH3 is 1. The van der Waals surface area contributed by atoms with Gasteiger partial charge in [0, 0.05) is 31.7 Å². The third-order valence-electron chi connectivity index (χ3n) is 3.22. The van der Waals surface area contributed by atoms with E-state index in [0.29, 0.717) is 6.54 Å². The molecule has 3 rings (SSSR count). The van der Waals surface area contributed by atoms with E-state index in [1.807, 2.05) is 24.4 Å². The van der Waals surface area contributed by atoms with Gasteiger partial charge in [0.05, 0.1) is 28.3 Å². The Balaban J connectivity index is 1.76. The Bertz CT molecular complexity index is 726. The van der Waals surface area contributed by atoms with Gasteiger partial charge in [-0.2, -0.15) is 0 Å². The van der Waals surface area contributed by atoms with E-state index in [-0.39, 0.29) is 0 Å². The van der Waals surface area contributed by atoms with Gasteiger partial charge in [-0.25, -0.2) is 0 Å². The fraction of sp³-hybridized carbons (Fsp3) is 0.200. The molecule has 5 nitrogen and oxygen atoms in total. The number of nitrogens with one attached hydrogen (secondary N) is 2. The van der Waals surface area contributed by atoms with Crippen molar-refractivity contribution in [2.75, 3.05) is 13.7 Å². The highest BCUT2D eigenvalue weighted by molar-refractivity contribution is 9.11. The lowest BCUT2D eigenvalue weighted by Crippen LogP contribution is -2.25. The summed E-state index contributed by atoms with van der Waals surface area (Å²) in [4.78, 5) is 8.59. The maximum Gasteiger partial charge on any atom is 0.155 e. The van der Waals surface area contributed by atoms with Crippen LogP contribution in [0.2, 0.25) is 0 Å². The fourth-order valence-corrected chi connectivity index (χ4v) is 2.74. The van der Waals surface area contributed by atoms with Gasteiger partial charge in [0.15, 0.2) is 5.76 Å². The Morgan fingerprint density at radius 2 is 2.10 bits per heavy atom. The van der Waals surface area contributed by atoms with Crippen molar-refractivity contribution in [2.24, 2.45) is 0 Å². The first-order chi connectivity index (χ1) is 10.3. The maximum absolute atomic E-state index is 5.41. The molecule has 1 aromatic carbocycles. The van der Waals surface area contributed by atoms with Crippen molar-refractivity contribution in [1.29, 1.82) is 0 Å². The summed E-state index contributed by atoms with van der Waals surface area (Å²) in [6.45, 7) is 1.42. The number of dihydropyridines is 1. The number of hydrogen-bond donors (Lipinski definition) is 2. The van der Waals surface area contributed by atoms with E-state index >= 15 is 0 Å². The van der Waals surface area contributed by atoms with Crippen LogP contribution in [-0.4, -0.2) is 23.6 Å². The molecule has 0 bridgehead atoms. The zero-order chi connectivity index (χ0) is 14.7. The van der Waals surface area contributed by atoms with Crippen molar-refractivity contribution in [3.63, 3.8) is 0 Å². The first-order valence-corrected chi connectivity index (χ1v) is 7.37. The van der Waals surface area contributed by atoms with Crippen molar-refractivity contribution >= 4 is 27.0 Å². The second-order valence-electron chi connectivity index (χ2n) is 4.61. The maximum atomic E-state index is 5.41. The molecule has 0 fully saturated rings. The molecule has 1 aliphatic rings. The van der Waals surface area contributed by atoms with Crippen molar-refractivity contribution in [1.82, 2.24) is 20.6 Å². The first kappa shape index (κ1) is 13.9. The van der Waals surface area contributed by atoms with Gasteiger partial charge in [0.1, 0.15) is 0 Å². The Labute approximate surface area is 131 Å². The number of aromatic nitrogens is 2. The summed E-state index contributed by atoms with van der Waals surface area (Å²) >= 11 is 3.51. The Morgan fingerprint density at radius 3 is 2.90 bits per heavy atom. The van der Waals surface area contributed by atoms with Crippen LogP contribution in [0.5, 0.6) is 0 Å². The number of rotatable bonds is 4. The predicted molar refractivity (Wildman–Crippen MR) is 85.4 cm³/mol. The van der Waals surface area contributed by atoms with Crippen molar-refractivity contribution in [3.8, 4) is 0 Å². The van der Waals surface area contributed by atoms with E-state index in [0.717, 1.165) is 39.1 Å². The molecule has 0 aliphatic carbocycles. The Morgan fingerprint density at radius 1 is 1.29 bits per heavy atom. The van der Waals surface area contributed by atoms with Gasteiger partial charge in [-0.05, 0) is 33.6 Å². The molecule has 0 atom stereocenters. The second-order valence-corrected chi connectivity index (χ2v) is 5.57. The van der Waals surface area contributed by atoms with E-state index in [2.05, 4.69) is 36.5 Å². The van der Waals surface area contributed by atoms with E-state index in [1.165, 1.54) is 0 Å². The molecule has 2 N–H and O–H groups in total. The summed E-state index contributed by atoms with van der Waals surface area (Å²) in [5, 5.41) is 6.55. The van der Waals surface area contributed by atoms with Crippen LogP contribution in [0.15, 0.2) is 52.7 Å². The third-order valence-corrected chi connectivity index (χ3v) is 3.86. The van der Waals surface area contributed by atoms with Crippen LogP contribution in [0.4, 0.5) is 0 Å². The van der Waals surface area contributed by atoms with Gasteiger partial charge >= 0.3 is 0 Å². The number of fused-ring (bicyclic) bond motifs is 1. The number of nitrogens with zero attached hydrogens (tertiary/aromatic N) is 2. The van der Waals surface area contributed by atoms with Crippen LogP contribution in [0.1, 0.15) is 5.56 Å². The highest BCUT2D eigenvalue weighted by Crippen LogP contribution is 2.21.